The van der Waals surface area contributed by atoms with Gasteiger partial charge in [-0.3, -0.25) is 4.79 Å². The molecule has 1 aromatic heterocycles. The van der Waals surface area contributed by atoms with Crippen molar-refractivity contribution in [2.75, 3.05) is 18.8 Å². The van der Waals surface area contributed by atoms with Gasteiger partial charge in [0.15, 0.2) is 0 Å². The Balaban J connectivity index is 1.88. The van der Waals surface area contributed by atoms with E-state index in [4.69, 9.17) is 5.73 Å². The van der Waals surface area contributed by atoms with E-state index in [-0.39, 0.29) is 5.91 Å². The molecule has 0 spiro atoms. The SMILES string of the molecule is CC1(O)CCN(C(=O)c2cc3ccccc3c(N)n2)CC1. The molecule has 2 aromatic rings. The maximum atomic E-state index is 12.5. The number of fused-ring (bicyclic) bond motifs is 1. The molecule has 3 N–H and O–H groups in total. The third-order valence-corrected chi connectivity index (χ3v) is 4.12. The van der Waals surface area contributed by atoms with Crippen LogP contribution in [0.4, 0.5) is 5.82 Å². The first-order valence-electron chi connectivity index (χ1n) is 7.13. The fourth-order valence-electron chi connectivity index (χ4n) is 2.69. The average molecular weight is 285 g/mol. The smallest absolute Gasteiger partial charge is 0.272 e. The lowest BCUT2D eigenvalue weighted by Gasteiger charge is -2.35. The van der Waals surface area contributed by atoms with E-state index in [2.05, 4.69) is 4.98 Å². The summed E-state index contributed by atoms with van der Waals surface area (Å²) in [5.41, 5.74) is 5.64. The van der Waals surface area contributed by atoms with Crippen LogP contribution in [-0.2, 0) is 0 Å². The number of aromatic nitrogens is 1. The number of hydrogen-bond acceptors (Lipinski definition) is 4. The number of likely N-dealkylation sites (tertiary alicyclic amines) is 1. The molecule has 5 nitrogen and oxygen atoms in total. The molecule has 3 rings (SSSR count). The predicted molar refractivity (Wildman–Crippen MR) is 81.9 cm³/mol. The van der Waals surface area contributed by atoms with Crippen molar-refractivity contribution in [2.45, 2.75) is 25.4 Å². The van der Waals surface area contributed by atoms with E-state index in [0.29, 0.717) is 37.4 Å². The number of aliphatic hydroxyl groups is 1. The molecular formula is C16H19N3O2. The van der Waals surface area contributed by atoms with Gasteiger partial charge in [-0.05, 0) is 31.2 Å². The number of carbonyl (C=O) groups is 1. The largest absolute Gasteiger partial charge is 0.390 e. The third kappa shape index (κ3) is 2.69. The summed E-state index contributed by atoms with van der Waals surface area (Å²) in [5, 5.41) is 11.7. The van der Waals surface area contributed by atoms with Gasteiger partial charge >= 0.3 is 0 Å². The van der Waals surface area contributed by atoms with Gasteiger partial charge in [0.05, 0.1) is 5.60 Å². The highest BCUT2D eigenvalue weighted by Gasteiger charge is 2.30. The quantitative estimate of drug-likeness (QED) is 0.837. The standard InChI is InChI=1S/C16H19N3O2/c1-16(21)6-8-19(9-7-16)15(20)13-10-11-4-2-3-5-12(11)14(17)18-13/h2-5,10,21H,6-9H2,1H3,(H2,17,18). The molecule has 21 heavy (non-hydrogen) atoms. The fraction of sp³-hybridized carbons (Fsp3) is 0.375. The monoisotopic (exact) mass is 285 g/mol. The van der Waals surface area contributed by atoms with Crippen LogP contribution in [0.15, 0.2) is 30.3 Å². The lowest BCUT2D eigenvalue weighted by molar-refractivity contribution is -0.00218. The molecule has 0 radical (unpaired) electrons. The van der Waals surface area contributed by atoms with Gasteiger partial charge < -0.3 is 15.7 Å². The van der Waals surface area contributed by atoms with Crippen LogP contribution < -0.4 is 5.73 Å². The minimum Gasteiger partial charge on any atom is -0.390 e. The molecule has 0 bridgehead atoms. The molecule has 5 heteroatoms. The van der Waals surface area contributed by atoms with Crippen LogP contribution in [-0.4, -0.2) is 39.6 Å². The van der Waals surface area contributed by atoms with Crippen LogP contribution >= 0.6 is 0 Å². The molecule has 1 aromatic carbocycles. The van der Waals surface area contributed by atoms with E-state index < -0.39 is 5.60 Å². The maximum absolute atomic E-state index is 12.5. The van der Waals surface area contributed by atoms with E-state index in [0.717, 1.165) is 10.8 Å². The molecule has 0 saturated carbocycles. The summed E-state index contributed by atoms with van der Waals surface area (Å²) in [6.07, 6.45) is 1.17. The van der Waals surface area contributed by atoms with Crippen molar-refractivity contribution >= 4 is 22.5 Å². The summed E-state index contributed by atoms with van der Waals surface area (Å²) in [5.74, 6) is 0.253. The number of hydrogen-bond donors (Lipinski definition) is 2. The molecule has 0 unspecified atom stereocenters. The molecule has 1 saturated heterocycles. The lowest BCUT2D eigenvalue weighted by atomic mass is 9.93. The highest BCUT2D eigenvalue weighted by atomic mass is 16.3. The summed E-state index contributed by atoms with van der Waals surface area (Å²) >= 11 is 0. The summed E-state index contributed by atoms with van der Waals surface area (Å²) in [7, 11) is 0. The number of nitrogen functional groups attached to an aromatic ring is 1. The number of nitrogens with zero attached hydrogens (tertiary/aromatic N) is 2. The van der Waals surface area contributed by atoms with Crippen LogP contribution in [0.5, 0.6) is 0 Å². The molecule has 0 atom stereocenters. The highest BCUT2D eigenvalue weighted by molar-refractivity contribution is 5.99. The van der Waals surface area contributed by atoms with Gasteiger partial charge in [-0.15, -0.1) is 0 Å². The zero-order chi connectivity index (χ0) is 15.0. The maximum Gasteiger partial charge on any atom is 0.272 e. The Kier molecular flexibility index (Phi) is 3.29. The van der Waals surface area contributed by atoms with Crippen LogP contribution in [0.2, 0.25) is 0 Å². The summed E-state index contributed by atoms with van der Waals surface area (Å²) < 4.78 is 0. The van der Waals surface area contributed by atoms with Crippen molar-refractivity contribution in [3.05, 3.63) is 36.0 Å². The van der Waals surface area contributed by atoms with Crippen LogP contribution in [0, 0.1) is 0 Å². The van der Waals surface area contributed by atoms with Crippen molar-refractivity contribution in [3.8, 4) is 0 Å². The lowest BCUT2D eigenvalue weighted by Crippen LogP contribution is -2.45. The Morgan fingerprint density at radius 3 is 2.71 bits per heavy atom. The average Bonchev–Trinajstić information content (AvgIpc) is 2.46. The van der Waals surface area contributed by atoms with Crippen LogP contribution in [0.25, 0.3) is 10.8 Å². The molecule has 2 heterocycles. The Labute approximate surface area is 123 Å². The van der Waals surface area contributed by atoms with E-state index in [1.807, 2.05) is 24.3 Å². The van der Waals surface area contributed by atoms with Gasteiger partial charge in [0.1, 0.15) is 11.5 Å². The first kappa shape index (κ1) is 13.8. The minimum absolute atomic E-state index is 0.122. The topological polar surface area (TPSA) is 79.5 Å². The van der Waals surface area contributed by atoms with Crippen LogP contribution in [0.3, 0.4) is 0 Å². The fourth-order valence-corrected chi connectivity index (χ4v) is 2.69. The van der Waals surface area contributed by atoms with E-state index in [1.165, 1.54) is 0 Å². The molecule has 1 fully saturated rings. The Hall–Kier alpha value is -2.14. The van der Waals surface area contributed by atoms with Gasteiger partial charge in [0, 0.05) is 18.5 Å². The van der Waals surface area contributed by atoms with Crippen molar-refractivity contribution in [1.82, 2.24) is 9.88 Å². The third-order valence-electron chi connectivity index (χ3n) is 4.12. The van der Waals surface area contributed by atoms with Crippen LogP contribution in [0.1, 0.15) is 30.3 Å². The summed E-state index contributed by atoms with van der Waals surface area (Å²) in [6, 6.07) is 9.40. The molecule has 110 valence electrons. The second-order valence-electron chi connectivity index (χ2n) is 5.90. The first-order valence-corrected chi connectivity index (χ1v) is 7.13. The summed E-state index contributed by atoms with van der Waals surface area (Å²) in [4.78, 5) is 18.5. The van der Waals surface area contributed by atoms with Crippen molar-refractivity contribution in [3.63, 3.8) is 0 Å². The Bertz CT molecular complexity index is 687. The number of nitrogens with two attached hydrogens (primary N) is 1. The Morgan fingerprint density at radius 2 is 2.00 bits per heavy atom. The zero-order valence-electron chi connectivity index (χ0n) is 12.0. The second kappa shape index (κ2) is 5.00. The van der Waals surface area contributed by atoms with Gasteiger partial charge in [-0.25, -0.2) is 4.98 Å². The van der Waals surface area contributed by atoms with E-state index >= 15 is 0 Å². The number of anilines is 1. The van der Waals surface area contributed by atoms with E-state index in [9.17, 15) is 9.90 Å². The molecule has 1 amide bonds. The normalized spacial score (nSPS) is 17.9. The van der Waals surface area contributed by atoms with E-state index in [1.54, 1.807) is 17.9 Å². The second-order valence-corrected chi connectivity index (χ2v) is 5.90. The number of benzene rings is 1. The van der Waals surface area contributed by atoms with Gasteiger partial charge in [0.2, 0.25) is 0 Å². The first-order chi connectivity index (χ1) is 9.96. The molecular weight excluding hydrogens is 266 g/mol. The van der Waals surface area contributed by atoms with Gasteiger partial charge in [0.25, 0.3) is 5.91 Å². The number of rotatable bonds is 1. The Morgan fingerprint density at radius 1 is 1.33 bits per heavy atom. The van der Waals surface area contributed by atoms with Crippen molar-refractivity contribution in [1.29, 1.82) is 0 Å². The van der Waals surface area contributed by atoms with Crippen molar-refractivity contribution in [2.24, 2.45) is 0 Å². The molecule has 0 aliphatic carbocycles. The van der Waals surface area contributed by atoms with Gasteiger partial charge in [-0.1, -0.05) is 24.3 Å². The molecule has 1 aliphatic rings. The number of pyridine rings is 1. The van der Waals surface area contributed by atoms with Crippen molar-refractivity contribution < 1.29 is 9.90 Å². The molecule has 1 aliphatic heterocycles. The zero-order valence-corrected chi connectivity index (χ0v) is 12.0. The highest BCUT2D eigenvalue weighted by Crippen LogP contribution is 2.24. The number of piperidine rings is 1. The number of carbonyl (C=O) groups excluding carboxylic acids is 1. The number of amides is 1. The minimum atomic E-state index is -0.674. The van der Waals surface area contributed by atoms with Gasteiger partial charge in [-0.2, -0.15) is 0 Å². The summed E-state index contributed by atoms with van der Waals surface area (Å²) in [6.45, 7) is 2.89. The predicted octanol–water partition coefficient (Wildman–Crippen LogP) is 1.80.